The van der Waals surface area contributed by atoms with Gasteiger partial charge in [0.1, 0.15) is 5.75 Å². The number of halogens is 3. The van der Waals surface area contributed by atoms with Crippen molar-refractivity contribution in [3.63, 3.8) is 0 Å². The van der Waals surface area contributed by atoms with E-state index in [2.05, 4.69) is 0 Å². The van der Waals surface area contributed by atoms with Crippen LogP contribution in [0.15, 0.2) is 18.2 Å². The van der Waals surface area contributed by atoms with Crippen LogP contribution < -0.4 is 10.6 Å². The van der Waals surface area contributed by atoms with Crippen LogP contribution in [0.25, 0.3) is 0 Å². The summed E-state index contributed by atoms with van der Waals surface area (Å²) < 4.78 is 37.6. The minimum atomic E-state index is -4.10. The van der Waals surface area contributed by atoms with Crippen molar-refractivity contribution in [2.24, 2.45) is 5.92 Å². The fourth-order valence-electron chi connectivity index (χ4n) is 2.28. The third kappa shape index (κ3) is 2.63. The van der Waals surface area contributed by atoms with Crippen molar-refractivity contribution in [2.45, 2.75) is 19.0 Å². The summed E-state index contributed by atoms with van der Waals surface area (Å²) >= 11 is 0. The molecule has 1 saturated heterocycles. The van der Waals surface area contributed by atoms with Crippen molar-refractivity contribution in [3.8, 4) is 5.75 Å². The molecule has 1 fully saturated rings. The van der Waals surface area contributed by atoms with Gasteiger partial charge in [0.25, 0.3) is 0 Å². The van der Waals surface area contributed by atoms with Crippen molar-refractivity contribution < 1.29 is 18.3 Å². The van der Waals surface area contributed by atoms with Gasteiger partial charge in [-0.2, -0.15) is 13.2 Å². The lowest BCUT2D eigenvalue weighted by molar-refractivity contribution is -0.179. The number of hydrogen-bond donors (Lipinski definition) is 2. The highest BCUT2D eigenvalue weighted by Gasteiger charge is 2.41. The Kier molecular flexibility index (Phi) is 3.28. The van der Waals surface area contributed by atoms with Crippen LogP contribution in [-0.2, 0) is 0 Å². The van der Waals surface area contributed by atoms with Crippen LogP contribution >= 0.6 is 0 Å². The van der Waals surface area contributed by atoms with E-state index in [1.165, 1.54) is 12.1 Å². The molecule has 100 valence electrons. The lowest BCUT2D eigenvalue weighted by Gasteiger charge is -2.35. The Labute approximate surface area is 103 Å². The van der Waals surface area contributed by atoms with Gasteiger partial charge in [-0.15, -0.1) is 0 Å². The highest BCUT2D eigenvalue weighted by atomic mass is 19.4. The number of nitrogens with zero attached hydrogens (tertiary/aromatic N) is 1. The molecule has 0 atom stereocenters. The topological polar surface area (TPSA) is 49.5 Å². The van der Waals surface area contributed by atoms with Gasteiger partial charge in [0.05, 0.1) is 17.3 Å². The maximum atomic E-state index is 12.5. The molecule has 0 radical (unpaired) electrons. The molecule has 1 heterocycles. The fourth-order valence-corrected chi connectivity index (χ4v) is 2.28. The molecular formula is C12H15F3N2O. The number of piperidine rings is 1. The average Bonchev–Trinajstić information content (AvgIpc) is 2.28. The van der Waals surface area contributed by atoms with E-state index >= 15 is 0 Å². The van der Waals surface area contributed by atoms with Crippen LogP contribution in [0.2, 0.25) is 0 Å². The summed E-state index contributed by atoms with van der Waals surface area (Å²) in [7, 11) is 0. The lowest BCUT2D eigenvalue weighted by atomic mass is 9.96. The molecule has 0 amide bonds. The van der Waals surface area contributed by atoms with Gasteiger partial charge < -0.3 is 15.7 Å². The molecule has 6 heteroatoms. The molecule has 0 saturated carbocycles. The van der Waals surface area contributed by atoms with Crippen molar-refractivity contribution in [1.29, 1.82) is 0 Å². The second-order valence-corrected chi connectivity index (χ2v) is 4.55. The molecule has 1 aliphatic heterocycles. The zero-order chi connectivity index (χ0) is 13.3. The summed E-state index contributed by atoms with van der Waals surface area (Å²) in [5, 5.41) is 9.24. The molecular weight excluding hydrogens is 245 g/mol. The van der Waals surface area contributed by atoms with Crippen LogP contribution in [0.3, 0.4) is 0 Å². The molecule has 18 heavy (non-hydrogen) atoms. The van der Waals surface area contributed by atoms with E-state index in [0.29, 0.717) is 24.5 Å². The zero-order valence-electron chi connectivity index (χ0n) is 9.74. The molecule has 0 spiro atoms. The molecule has 2 rings (SSSR count). The fraction of sp³-hybridized carbons (Fsp3) is 0.500. The number of phenols is 1. The van der Waals surface area contributed by atoms with Crippen LogP contribution in [-0.4, -0.2) is 24.4 Å². The number of phenolic OH excluding ortho intramolecular Hbond substituents is 1. The number of hydrogen-bond acceptors (Lipinski definition) is 3. The Morgan fingerprint density at radius 1 is 1.22 bits per heavy atom. The second kappa shape index (κ2) is 4.59. The van der Waals surface area contributed by atoms with Gasteiger partial charge in [-0.25, -0.2) is 0 Å². The minimum Gasteiger partial charge on any atom is -0.508 e. The molecule has 1 aromatic carbocycles. The first kappa shape index (κ1) is 12.9. The molecule has 0 aromatic heterocycles. The number of anilines is 2. The van der Waals surface area contributed by atoms with Gasteiger partial charge >= 0.3 is 6.18 Å². The number of nitrogens with two attached hydrogens (primary N) is 1. The average molecular weight is 260 g/mol. The summed E-state index contributed by atoms with van der Waals surface area (Å²) in [6.45, 7) is 0.665. The smallest absolute Gasteiger partial charge is 0.391 e. The van der Waals surface area contributed by atoms with E-state index in [1.54, 1.807) is 6.07 Å². The van der Waals surface area contributed by atoms with Crippen molar-refractivity contribution in [3.05, 3.63) is 18.2 Å². The zero-order valence-corrected chi connectivity index (χ0v) is 9.74. The summed E-state index contributed by atoms with van der Waals surface area (Å²) in [4.78, 5) is 1.83. The van der Waals surface area contributed by atoms with E-state index in [0.717, 1.165) is 0 Å². The lowest BCUT2D eigenvalue weighted by Crippen LogP contribution is -2.39. The Hall–Kier alpha value is -1.59. The predicted molar refractivity (Wildman–Crippen MR) is 63.5 cm³/mol. The predicted octanol–water partition coefficient (Wildman–Crippen LogP) is 2.75. The highest BCUT2D eigenvalue weighted by Crippen LogP contribution is 2.37. The summed E-state index contributed by atoms with van der Waals surface area (Å²) in [6.07, 6.45) is -3.93. The van der Waals surface area contributed by atoms with Crippen LogP contribution in [0.1, 0.15) is 12.8 Å². The Morgan fingerprint density at radius 2 is 1.83 bits per heavy atom. The molecule has 1 aromatic rings. The minimum absolute atomic E-state index is 0.0569. The monoisotopic (exact) mass is 260 g/mol. The first-order chi connectivity index (χ1) is 8.38. The molecule has 3 nitrogen and oxygen atoms in total. The van der Waals surface area contributed by atoms with Gasteiger partial charge in [0.15, 0.2) is 0 Å². The molecule has 0 unspecified atom stereocenters. The van der Waals surface area contributed by atoms with E-state index in [1.807, 2.05) is 4.90 Å². The first-order valence-electron chi connectivity index (χ1n) is 5.78. The third-order valence-electron chi connectivity index (χ3n) is 3.31. The maximum Gasteiger partial charge on any atom is 0.391 e. The van der Waals surface area contributed by atoms with Crippen molar-refractivity contribution in [1.82, 2.24) is 0 Å². The van der Waals surface area contributed by atoms with Gasteiger partial charge in [-0.3, -0.25) is 0 Å². The Morgan fingerprint density at radius 3 is 2.33 bits per heavy atom. The van der Waals surface area contributed by atoms with Gasteiger partial charge in [0.2, 0.25) is 0 Å². The van der Waals surface area contributed by atoms with Crippen molar-refractivity contribution in [2.75, 3.05) is 23.7 Å². The van der Waals surface area contributed by atoms with Crippen LogP contribution in [0.4, 0.5) is 24.5 Å². The Bertz CT molecular complexity index is 426. The highest BCUT2D eigenvalue weighted by molar-refractivity contribution is 5.69. The molecule has 0 bridgehead atoms. The summed E-state index contributed by atoms with van der Waals surface area (Å²) in [5.41, 5.74) is 6.83. The van der Waals surface area contributed by atoms with Gasteiger partial charge in [0, 0.05) is 19.2 Å². The number of aromatic hydroxyl groups is 1. The quantitative estimate of drug-likeness (QED) is 0.763. The van der Waals surface area contributed by atoms with Crippen LogP contribution in [0, 0.1) is 5.92 Å². The standard InChI is InChI=1S/C12H15F3N2O/c13-12(14,15)8-3-5-17(6-4-8)11-2-1-9(18)7-10(11)16/h1-2,7-8,18H,3-6,16H2. The molecule has 1 aliphatic rings. The second-order valence-electron chi connectivity index (χ2n) is 4.55. The normalized spacial score (nSPS) is 18.1. The number of benzene rings is 1. The number of rotatable bonds is 1. The first-order valence-corrected chi connectivity index (χ1v) is 5.78. The number of nitrogen functional groups attached to an aromatic ring is 1. The SMILES string of the molecule is Nc1cc(O)ccc1N1CCC(C(F)(F)F)CC1. The largest absolute Gasteiger partial charge is 0.508 e. The van der Waals surface area contributed by atoms with Crippen LogP contribution in [0.5, 0.6) is 5.75 Å². The molecule has 0 aliphatic carbocycles. The van der Waals surface area contributed by atoms with Gasteiger partial charge in [-0.05, 0) is 25.0 Å². The summed E-state index contributed by atoms with van der Waals surface area (Å²) in [5.74, 6) is -1.16. The summed E-state index contributed by atoms with van der Waals surface area (Å²) in [6, 6.07) is 4.53. The maximum absolute atomic E-state index is 12.5. The Balaban J connectivity index is 2.06. The van der Waals surface area contributed by atoms with E-state index in [9.17, 15) is 18.3 Å². The van der Waals surface area contributed by atoms with Crippen molar-refractivity contribution >= 4 is 11.4 Å². The van der Waals surface area contributed by atoms with Gasteiger partial charge in [-0.1, -0.05) is 0 Å². The number of alkyl halides is 3. The van der Waals surface area contributed by atoms with E-state index in [-0.39, 0.29) is 18.6 Å². The molecule has 3 N–H and O–H groups in total. The third-order valence-corrected chi connectivity index (χ3v) is 3.31. The van der Waals surface area contributed by atoms with E-state index < -0.39 is 12.1 Å². The van der Waals surface area contributed by atoms with E-state index in [4.69, 9.17) is 5.73 Å².